The predicted molar refractivity (Wildman–Crippen MR) is 102 cm³/mol. The standard InChI is InChI=1S/C18H24N6O2/c1-4-22-5-7-23(8-6-22)18-16(24(25)26)17(19-12-20-18)21-15-10-13(2)9-14(3)11-15/h9-12H,4-8H2,1-3H3,(H,19,20,21). The Morgan fingerprint density at radius 3 is 2.35 bits per heavy atom. The SMILES string of the molecule is CCN1CCN(c2ncnc(Nc3cc(C)cc(C)c3)c2[N+](=O)[O-])CC1. The number of aryl methyl sites for hydroxylation is 2. The van der Waals surface area contributed by atoms with Crippen LogP contribution in [-0.4, -0.2) is 52.5 Å². The molecular weight excluding hydrogens is 332 g/mol. The van der Waals surface area contributed by atoms with Gasteiger partial charge in [-0.25, -0.2) is 9.97 Å². The molecule has 1 fully saturated rings. The molecule has 1 aromatic carbocycles. The lowest BCUT2D eigenvalue weighted by Crippen LogP contribution is -2.46. The van der Waals surface area contributed by atoms with Crippen molar-refractivity contribution in [2.75, 3.05) is 42.9 Å². The fourth-order valence-corrected chi connectivity index (χ4v) is 3.32. The van der Waals surface area contributed by atoms with Crippen molar-refractivity contribution < 1.29 is 4.92 Å². The highest BCUT2D eigenvalue weighted by atomic mass is 16.6. The molecule has 1 N–H and O–H groups in total. The Morgan fingerprint density at radius 2 is 1.77 bits per heavy atom. The Kier molecular flexibility index (Phi) is 5.32. The van der Waals surface area contributed by atoms with Crippen LogP contribution < -0.4 is 10.2 Å². The molecule has 2 aromatic rings. The molecule has 2 heterocycles. The highest BCUT2D eigenvalue weighted by Gasteiger charge is 2.29. The summed E-state index contributed by atoms with van der Waals surface area (Å²) in [5.41, 5.74) is 2.88. The van der Waals surface area contributed by atoms with Gasteiger partial charge in [0, 0.05) is 31.9 Å². The maximum absolute atomic E-state index is 11.8. The van der Waals surface area contributed by atoms with Crippen LogP contribution in [0.1, 0.15) is 18.1 Å². The van der Waals surface area contributed by atoms with Crippen molar-refractivity contribution in [2.45, 2.75) is 20.8 Å². The summed E-state index contributed by atoms with van der Waals surface area (Å²) in [6, 6.07) is 5.94. The number of aromatic nitrogens is 2. The van der Waals surface area contributed by atoms with E-state index < -0.39 is 4.92 Å². The number of hydrogen-bond donors (Lipinski definition) is 1. The predicted octanol–water partition coefficient (Wildman–Crippen LogP) is 2.89. The molecule has 1 saturated heterocycles. The molecule has 0 atom stereocenters. The van der Waals surface area contributed by atoms with Crippen LogP contribution >= 0.6 is 0 Å². The van der Waals surface area contributed by atoms with Gasteiger partial charge in [0.25, 0.3) is 0 Å². The first-order valence-electron chi connectivity index (χ1n) is 8.80. The summed E-state index contributed by atoms with van der Waals surface area (Å²) in [5.74, 6) is 0.607. The van der Waals surface area contributed by atoms with E-state index in [1.807, 2.05) is 30.9 Å². The van der Waals surface area contributed by atoms with Crippen LogP contribution in [0.2, 0.25) is 0 Å². The van der Waals surface area contributed by atoms with Gasteiger partial charge in [-0.05, 0) is 43.7 Å². The third-order valence-electron chi connectivity index (χ3n) is 4.59. The van der Waals surface area contributed by atoms with Gasteiger partial charge in [-0.1, -0.05) is 13.0 Å². The monoisotopic (exact) mass is 356 g/mol. The number of nitrogens with zero attached hydrogens (tertiary/aromatic N) is 5. The van der Waals surface area contributed by atoms with Gasteiger partial charge >= 0.3 is 5.69 Å². The molecule has 8 nitrogen and oxygen atoms in total. The summed E-state index contributed by atoms with van der Waals surface area (Å²) in [7, 11) is 0. The molecule has 1 aliphatic rings. The van der Waals surface area contributed by atoms with Gasteiger partial charge in [0.1, 0.15) is 6.33 Å². The number of anilines is 3. The van der Waals surface area contributed by atoms with Crippen molar-refractivity contribution in [3.8, 4) is 0 Å². The summed E-state index contributed by atoms with van der Waals surface area (Å²) < 4.78 is 0. The molecule has 3 rings (SSSR count). The molecule has 0 aliphatic carbocycles. The first-order valence-corrected chi connectivity index (χ1v) is 8.80. The lowest BCUT2D eigenvalue weighted by atomic mass is 10.1. The van der Waals surface area contributed by atoms with Crippen molar-refractivity contribution in [2.24, 2.45) is 0 Å². The first kappa shape index (κ1) is 18.1. The van der Waals surface area contributed by atoms with Crippen molar-refractivity contribution in [3.63, 3.8) is 0 Å². The van der Waals surface area contributed by atoms with Crippen LogP contribution in [-0.2, 0) is 0 Å². The third-order valence-corrected chi connectivity index (χ3v) is 4.59. The average Bonchev–Trinajstić information content (AvgIpc) is 2.60. The second-order valence-electron chi connectivity index (χ2n) is 6.57. The van der Waals surface area contributed by atoms with E-state index in [4.69, 9.17) is 0 Å². The quantitative estimate of drug-likeness (QED) is 0.651. The molecule has 1 aromatic heterocycles. The van der Waals surface area contributed by atoms with E-state index in [1.54, 1.807) is 0 Å². The highest BCUT2D eigenvalue weighted by molar-refractivity contribution is 5.74. The fraction of sp³-hybridized carbons (Fsp3) is 0.444. The Labute approximate surface area is 153 Å². The third kappa shape index (κ3) is 3.91. The second kappa shape index (κ2) is 7.65. The molecular formula is C18H24N6O2. The van der Waals surface area contributed by atoms with E-state index in [1.165, 1.54) is 6.33 Å². The van der Waals surface area contributed by atoms with Crippen LogP contribution in [0.15, 0.2) is 24.5 Å². The van der Waals surface area contributed by atoms with Gasteiger partial charge in [-0.2, -0.15) is 0 Å². The summed E-state index contributed by atoms with van der Waals surface area (Å²) >= 11 is 0. The zero-order valence-corrected chi connectivity index (χ0v) is 15.4. The molecule has 138 valence electrons. The molecule has 0 radical (unpaired) electrons. The Hall–Kier alpha value is -2.74. The Balaban J connectivity index is 1.92. The number of rotatable bonds is 5. The van der Waals surface area contributed by atoms with Gasteiger partial charge in [0.2, 0.25) is 11.6 Å². The number of benzene rings is 1. The van der Waals surface area contributed by atoms with Crippen LogP contribution in [0.25, 0.3) is 0 Å². The largest absolute Gasteiger partial charge is 0.353 e. The molecule has 0 bridgehead atoms. The highest BCUT2D eigenvalue weighted by Crippen LogP contribution is 2.34. The lowest BCUT2D eigenvalue weighted by Gasteiger charge is -2.34. The molecule has 1 aliphatic heterocycles. The van der Waals surface area contributed by atoms with Gasteiger partial charge in [0.15, 0.2) is 0 Å². The van der Waals surface area contributed by atoms with Crippen LogP contribution in [0.5, 0.6) is 0 Å². The maximum Gasteiger partial charge on any atom is 0.353 e. The second-order valence-corrected chi connectivity index (χ2v) is 6.57. The zero-order valence-electron chi connectivity index (χ0n) is 15.4. The van der Waals surface area contributed by atoms with E-state index in [0.29, 0.717) is 18.9 Å². The number of nitro groups is 1. The number of hydrogen-bond acceptors (Lipinski definition) is 7. The van der Waals surface area contributed by atoms with Crippen LogP contribution in [0, 0.1) is 24.0 Å². The summed E-state index contributed by atoms with van der Waals surface area (Å²) in [4.78, 5) is 24.0. The average molecular weight is 356 g/mol. The van der Waals surface area contributed by atoms with E-state index in [2.05, 4.69) is 33.2 Å². The number of piperazine rings is 1. The smallest absolute Gasteiger partial charge is 0.348 e. The minimum absolute atomic E-state index is 0.0726. The van der Waals surface area contributed by atoms with Crippen molar-refractivity contribution in [3.05, 3.63) is 45.8 Å². The maximum atomic E-state index is 11.8. The normalized spacial score (nSPS) is 15.1. The molecule has 26 heavy (non-hydrogen) atoms. The zero-order chi connectivity index (χ0) is 18.7. The topological polar surface area (TPSA) is 87.4 Å². The minimum Gasteiger partial charge on any atom is -0.348 e. The summed E-state index contributed by atoms with van der Waals surface area (Å²) in [6.45, 7) is 10.3. The molecule has 0 saturated carbocycles. The van der Waals surface area contributed by atoms with Crippen molar-refractivity contribution >= 4 is 23.0 Å². The van der Waals surface area contributed by atoms with Crippen LogP contribution in [0.4, 0.5) is 23.0 Å². The van der Waals surface area contributed by atoms with Gasteiger partial charge < -0.3 is 15.1 Å². The van der Waals surface area contributed by atoms with Gasteiger partial charge in [0.05, 0.1) is 4.92 Å². The van der Waals surface area contributed by atoms with E-state index in [0.717, 1.165) is 36.4 Å². The molecule has 8 heteroatoms. The van der Waals surface area contributed by atoms with Crippen molar-refractivity contribution in [1.82, 2.24) is 14.9 Å². The van der Waals surface area contributed by atoms with Gasteiger partial charge in [-0.15, -0.1) is 0 Å². The van der Waals surface area contributed by atoms with Crippen LogP contribution in [0.3, 0.4) is 0 Å². The van der Waals surface area contributed by atoms with Gasteiger partial charge in [-0.3, -0.25) is 10.1 Å². The Bertz CT molecular complexity index is 782. The minimum atomic E-state index is -0.396. The Morgan fingerprint density at radius 1 is 1.12 bits per heavy atom. The first-order chi connectivity index (χ1) is 12.5. The number of nitrogens with one attached hydrogen (secondary N) is 1. The van der Waals surface area contributed by atoms with E-state index in [-0.39, 0.29) is 11.5 Å². The van der Waals surface area contributed by atoms with Crippen molar-refractivity contribution in [1.29, 1.82) is 0 Å². The molecule has 0 unspecified atom stereocenters. The lowest BCUT2D eigenvalue weighted by molar-refractivity contribution is -0.383. The number of likely N-dealkylation sites (N-methyl/N-ethyl adjacent to an activating group) is 1. The summed E-state index contributed by atoms with van der Waals surface area (Å²) in [5, 5.41) is 14.9. The molecule has 0 amide bonds. The van der Waals surface area contributed by atoms with E-state index >= 15 is 0 Å². The van der Waals surface area contributed by atoms with E-state index in [9.17, 15) is 10.1 Å². The fourth-order valence-electron chi connectivity index (χ4n) is 3.32. The molecule has 0 spiro atoms. The summed E-state index contributed by atoms with van der Waals surface area (Å²) in [6.07, 6.45) is 1.39.